The molecule has 0 aromatic carbocycles. The summed E-state index contributed by atoms with van der Waals surface area (Å²) in [4.78, 5) is 16.2. The maximum absolute atomic E-state index is 11.8. The van der Waals surface area contributed by atoms with Gasteiger partial charge in [0, 0.05) is 18.8 Å². The number of H-pyrrole nitrogens is 1. The number of thioether (sulfide) groups is 1. The van der Waals surface area contributed by atoms with Gasteiger partial charge in [-0.25, -0.2) is 9.89 Å². The van der Waals surface area contributed by atoms with E-state index < -0.39 is 0 Å². The summed E-state index contributed by atoms with van der Waals surface area (Å²) < 4.78 is 1.66. The van der Waals surface area contributed by atoms with Crippen molar-refractivity contribution in [3.05, 3.63) is 40.6 Å². The van der Waals surface area contributed by atoms with Gasteiger partial charge < -0.3 is 5.73 Å². The minimum absolute atomic E-state index is 0.0259. The van der Waals surface area contributed by atoms with Gasteiger partial charge in [-0.15, -0.1) is 5.10 Å². The van der Waals surface area contributed by atoms with Gasteiger partial charge in [-0.2, -0.15) is 0 Å². The Balaban J connectivity index is 2.30. The van der Waals surface area contributed by atoms with Crippen LogP contribution in [-0.2, 0) is 6.54 Å². The van der Waals surface area contributed by atoms with Crippen molar-refractivity contribution in [1.82, 2.24) is 19.7 Å². The molecule has 2 unspecified atom stereocenters. The molecule has 0 aliphatic rings. The average molecular weight is 307 g/mol. The van der Waals surface area contributed by atoms with Gasteiger partial charge in [0.2, 0.25) is 0 Å². The fourth-order valence-electron chi connectivity index (χ4n) is 2.05. The van der Waals surface area contributed by atoms with Crippen molar-refractivity contribution in [2.75, 3.05) is 0 Å². The molecule has 2 aromatic rings. The maximum atomic E-state index is 11.8. The zero-order valence-corrected chi connectivity index (χ0v) is 13.1. The molecule has 0 amide bonds. The molecule has 0 spiro atoms. The van der Waals surface area contributed by atoms with E-state index in [9.17, 15) is 4.79 Å². The Morgan fingerprint density at radius 3 is 2.86 bits per heavy atom. The molecule has 0 saturated heterocycles. The molecule has 0 radical (unpaired) electrons. The smallest absolute Gasteiger partial charge is 0.326 e. The Bertz CT molecular complexity index is 609. The minimum atomic E-state index is -0.177. The van der Waals surface area contributed by atoms with Gasteiger partial charge in [-0.3, -0.25) is 9.55 Å². The largest absolute Gasteiger partial charge is 0.343 e. The van der Waals surface area contributed by atoms with Gasteiger partial charge in [0.15, 0.2) is 5.16 Å². The van der Waals surface area contributed by atoms with Gasteiger partial charge in [0.1, 0.15) is 0 Å². The summed E-state index contributed by atoms with van der Waals surface area (Å²) in [6.07, 6.45) is 3.46. The first-order valence-corrected chi connectivity index (χ1v) is 8.03. The van der Waals surface area contributed by atoms with E-state index in [1.807, 2.05) is 32.0 Å². The second kappa shape index (κ2) is 7.42. The molecular formula is C14H21N5OS. The van der Waals surface area contributed by atoms with Gasteiger partial charge in [0.05, 0.1) is 10.9 Å². The van der Waals surface area contributed by atoms with Gasteiger partial charge in [0.25, 0.3) is 0 Å². The van der Waals surface area contributed by atoms with Crippen molar-refractivity contribution in [3.63, 3.8) is 0 Å². The summed E-state index contributed by atoms with van der Waals surface area (Å²) in [7, 11) is 0. The Labute approximate surface area is 128 Å². The van der Waals surface area contributed by atoms with E-state index in [4.69, 9.17) is 5.73 Å². The third kappa shape index (κ3) is 3.74. The fourth-order valence-corrected chi connectivity index (χ4v) is 3.31. The van der Waals surface area contributed by atoms with E-state index in [0.29, 0.717) is 11.7 Å². The van der Waals surface area contributed by atoms with Crippen LogP contribution in [0.3, 0.4) is 0 Å². The second-order valence-corrected chi connectivity index (χ2v) is 5.94. The lowest BCUT2D eigenvalue weighted by molar-refractivity contribution is 0.592. The Kier molecular flexibility index (Phi) is 5.58. The summed E-state index contributed by atoms with van der Waals surface area (Å²) in [6.45, 7) is 4.72. The van der Waals surface area contributed by atoms with Crippen LogP contribution in [0.1, 0.15) is 37.6 Å². The predicted octanol–water partition coefficient (Wildman–Crippen LogP) is 1.95. The molecule has 0 fully saturated rings. The Morgan fingerprint density at radius 1 is 1.43 bits per heavy atom. The van der Waals surface area contributed by atoms with Crippen LogP contribution in [0, 0.1) is 0 Å². The van der Waals surface area contributed by atoms with E-state index in [2.05, 4.69) is 15.2 Å². The number of nitrogens with one attached hydrogen (secondary N) is 1. The molecule has 0 aliphatic carbocycles. The van der Waals surface area contributed by atoms with Crippen molar-refractivity contribution in [1.29, 1.82) is 0 Å². The topological polar surface area (TPSA) is 89.6 Å². The van der Waals surface area contributed by atoms with Crippen LogP contribution >= 0.6 is 11.8 Å². The van der Waals surface area contributed by atoms with Gasteiger partial charge >= 0.3 is 5.69 Å². The fraction of sp³-hybridized carbons (Fsp3) is 0.500. The van der Waals surface area contributed by atoms with Crippen LogP contribution in [0.4, 0.5) is 0 Å². The Hall–Kier alpha value is -1.60. The van der Waals surface area contributed by atoms with Crippen LogP contribution in [-0.4, -0.2) is 25.8 Å². The highest BCUT2D eigenvalue weighted by Crippen LogP contribution is 2.35. The van der Waals surface area contributed by atoms with Crippen molar-refractivity contribution in [2.24, 2.45) is 5.73 Å². The zero-order valence-electron chi connectivity index (χ0n) is 12.3. The molecule has 21 heavy (non-hydrogen) atoms. The predicted molar refractivity (Wildman–Crippen MR) is 84.2 cm³/mol. The summed E-state index contributed by atoms with van der Waals surface area (Å²) in [6, 6.07) is 5.74. The third-order valence-corrected chi connectivity index (χ3v) is 4.61. The number of aromatic amines is 1. The molecule has 2 rings (SSSR count). The summed E-state index contributed by atoms with van der Waals surface area (Å²) in [5.74, 6) is 0. The number of nitrogens with two attached hydrogens (primary N) is 1. The van der Waals surface area contributed by atoms with Crippen LogP contribution in [0.15, 0.2) is 34.3 Å². The first kappa shape index (κ1) is 15.8. The van der Waals surface area contributed by atoms with Crippen LogP contribution in [0.5, 0.6) is 0 Å². The molecule has 2 aromatic heterocycles. The van der Waals surface area contributed by atoms with Crippen LogP contribution in [0.2, 0.25) is 0 Å². The normalized spacial score (nSPS) is 14.0. The van der Waals surface area contributed by atoms with E-state index in [1.165, 1.54) is 11.8 Å². The minimum Gasteiger partial charge on any atom is -0.326 e. The number of pyridine rings is 1. The average Bonchev–Trinajstić information content (AvgIpc) is 2.86. The molecule has 114 valence electrons. The van der Waals surface area contributed by atoms with Crippen molar-refractivity contribution in [2.45, 2.75) is 49.7 Å². The van der Waals surface area contributed by atoms with Crippen LogP contribution < -0.4 is 11.4 Å². The molecule has 3 N–H and O–H groups in total. The number of aromatic nitrogens is 4. The lowest BCUT2D eigenvalue weighted by Crippen LogP contribution is -2.27. The SMILES string of the molecule is CCCn1c(SC(c2ccccn2)C(N)CC)n[nH]c1=O. The number of rotatable bonds is 7. The zero-order chi connectivity index (χ0) is 15.2. The first-order chi connectivity index (χ1) is 10.2. The van der Waals surface area contributed by atoms with E-state index in [0.717, 1.165) is 18.5 Å². The summed E-state index contributed by atoms with van der Waals surface area (Å²) >= 11 is 1.49. The Morgan fingerprint density at radius 2 is 2.24 bits per heavy atom. The monoisotopic (exact) mass is 307 g/mol. The molecule has 2 atom stereocenters. The van der Waals surface area contributed by atoms with Gasteiger partial charge in [-0.05, 0) is 25.0 Å². The van der Waals surface area contributed by atoms with Crippen molar-refractivity contribution >= 4 is 11.8 Å². The van der Waals surface area contributed by atoms with Crippen molar-refractivity contribution < 1.29 is 0 Å². The van der Waals surface area contributed by atoms with E-state index in [-0.39, 0.29) is 17.0 Å². The van der Waals surface area contributed by atoms with Crippen molar-refractivity contribution in [3.8, 4) is 0 Å². The molecule has 0 saturated carbocycles. The first-order valence-electron chi connectivity index (χ1n) is 7.15. The lowest BCUT2D eigenvalue weighted by atomic mass is 10.1. The molecule has 7 heteroatoms. The highest BCUT2D eigenvalue weighted by Gasteiger charge is 2.24. The van der Waals surface area contributed by atoms with E-state index >= 15 is 0 Å². The molecule has 6 nitrogen and oxygen atoms in total. The molecule has 0 bridgehead atoms. The standard InChI is InChI=1S/C14H21N5OS/c1-3-9-19-13(20)17-18-14(19)21-12(10(15)4-2)11-7-5-6-8-16-11/h5-8,10,12H,3-4,9,15H2,1-2H3,(H,17,20). The molecule has 2 heterocycles. The third-order valence-electron chi connectivity index (χ3n) is 3.24. The summed E-state index contributed by atoms with van der Waals surface area (Å²) in [5.41, 5.74) is 6.98. The quantitative estimate of drug-likeness (QED) is 0.763. The van der Waals surface area contributed by atoms with E-state index in [1.54, 1.807) is 10.8 Å². The second-order valence-electron chi connectivity index (χ2n) is 4.83. The summed E-state index contributed by atoms with van der Waals surface area (Å²) in [5, 5.41) is 7.27. The number of hydrogen-bond donors (Lipinski definition) is 2. The number of hydrogen-bond acceptors (Lipinski definition) is 5. The van der Waals surface area contributed by atoms with Gasteiger partial charge in [-0.1, -0.05) is 31.7 Å². The molecular weight excluding hydrogens is 286 g/mol. The lowest BCUT2D eigenvalue weighted by Gasteiger charge is -2.21. The number of nitrogens with zero attached hydrogens (tertiary/aromatic N) is 3. The highest BCUT2D eigenvalue weighted by atomic mass is 32.2. The van der Waals surface area contributed by atoms with Crippen LogP contribution in [0.25, 0.3) is 0 Å². The highest BCUT2D eigenvalue weighted by molar-refractivity contribution is 7.99. The molecule has 0 aliphatic heterocycles. The maximum Gasteiger partial charge on any atom is 0.343 e.